The van der Waals surface area contributed by atoms with E-state index in [1.54, 1.807) is 20.8 Å². The zero-order chi connectivity index (χ0) is 19.5. The van der Waals surface area contributed by atoms with Gasteiger partial charge in [-0.15, -0.1) is 11.8 Å². The van der Waals surface area contributed by atoms with Crippen LogP contribution in [0.4, 0.5) is 10.5 Å². The summed E-state index contributed by atoms with van der Waals surface area (Å²) >= 11 is 1.51. The molecule has 0 spiro atoms. The second kappa shape index (κ2) is 8.03. The van der Waals surface area contributed by atoms with Crippen LogP contribution in [0.3, 0.4) is 0 Å². The molecule has 26 heavy (non-hydrogen) atoms. The van der Waals surface area contributed by atoms with Crippen molar-refractivity contribution in [2.75, 3.05) is 11.1 Å². The fourth-order valence-electron chi connectivity index (χ4n) is 2.38. The summed E-state index contributed by atoms with van der Waals surface area (Å²) in [7, 11) is 0. The number of carbonyl (C=O) groups excluding carboxylic acids is 2. The monoisotopic (exact) mass is 377 g/mol. The second-order valence-electron chi connectivity index (χ2n) is 7.26. The summed E-state index contributed by atoms with van der Waals surface area (Å²) in [6, 6.07) is 5.11. The molecule has 0 aliphatic carbocycles. The summed E-state index contributed by atoms with van der Waals surface area (Å²) in [6.07, 6.45) is 0.266. The molecular weight excluding hydrogens is 350 g/mol. The highest BCUT2D eigenvalue weighted by atomic mass is 32.2. The predicted molar refractivity (Wildman–Crippen MR) is 106 cm³/mol. The van der Waals surface area contributed by atoms with Gasteiger partial charge in [-0.3, -0.25) is 4.79 Å². The number of hydrogen-bond donors (Lipinski definition) is 3. The Bertz CT molecular complexity index is 738. The minimum absolute atomic E-state index is 0.269. The van der Waals surface area contributed by atoms with Gasteiger partial charge >= 0.3 is 6.09 Å². The summed E-state index contributed by atoms with van der Waals surface area (Å²) in [4.78, 5) is 25.4. The van der Waals surface area contributed by atoms with Crippen LogP contribution >= 0.6 is 11.8 Å². The van der Waals surface area contributed by atoms with Gasteiger partial charge in [-0.25, -0.2) is 4.79 Å². The van der Waals surface area contributed by atoms with Crippen molar-refractivity contribution >= 4 is 35.1 Å². The molecule has 1 heterocycles. The molecule has 0 bridgehead atoms. The maximum atomic E-state index is 12.5. The van der Waals surface area contributed by atoms with Crippen LogP contribution in [0.1, 0.15) is 46.6 Å². The molecular formula is C19H27N3O3S. The van der Waals surface area contributed by atoms with E-state index in [9.17, 15) is 9.59 Å². The molecule has 7 heteroatoms. The van der Waals surface area contributed by atoms with E-state index in [4.69, 9.17) is 10.5 Å². The fourth-order valence-corrected chi connectivity index (χ4v) is 3.39. The molecule has 2 rings (SSSR count). The average Bonchev–Trinajstić information content (AvgIpc) is 2.70. The second-order valence-corrected chi connectivity index (χ2v) is 8.32. The van der Waals surface area contributed by atoms with Crippen molar-refractivity contribution in [2.45, 2.75) is 57.6 Å². The first-order valence-electron chi connectivity index (χ1n) is 8.63. The third-order valence-corrected chi connectivity index (χ3v) is 5.12. The predicted octanol–water partition coefficient (Wildman–Crippen LogP) is 3.72. The summed E-state index contributed by atoms with van der Waals surface area (Å²) in [6.45, 7) is 9.39. The highest BCUT2D eigenvalue weighted by Crippen LogP contribution is 2.33. The first-order valence-corrected chi connectivity index (χ1v) is 9.62. The maximum Gasteiger partial charge on any atom is 0.408 e. The van der Waals surface area contributed by atoms with Crippen LogP contribution in [0.15, 0.2) is 28.7 Å². The van der Waals surface area contributed by atoms with Crippen molar-refractivity contribution in [1.29, 1.82) is 0 Å². The molecule has 4 N–H and O–H groups in total. The molecule has 0 saturated carbocycles. The van der Waals surface area contributed by atoms with E-state index < -0.39 is 17.7 Å². The van der Waals surface area contributed by atoms with E-state index >= 15 is 0 Å². The molecule has 1 aliphatic rings. The lowest BCUT2D eigenvalue weighted by molar-refractivity contribution is -0.117. The molecule has 142 valence electrons. The Morgan fingerprint density at radius 3 is 2.73 bits per heavy atom. The van der Waals surface area contributed by atoms with Crippen LogP contribution in [-0.2, 0) is 9.53 Å². The van der Waals surface area contributed by atoms with Gasteiger partial charge in [0.1, 0.15) is 11.6 Å². The van der Waals surface area contributed by atoms with E-state index in [-0.39, 0.29) is 5.91 Å². The molecule has 1 atom stereocenters. The Hall–Kier alpha value is -2.15. The highest BCUT2D eigenvalue weighted by molar-refractivity contribution is 7.99. The Balaban J connectivity index is 2.16. The van der Waals surface area contributed by atoms with Gasteiger partial charge in [0, 0.05) is 16.3 Å². The molecule has 0 radical (unpaired) electrons. The average molecular weight is 378 g/mol. The Morgan fingerprint density at radius 2 is 2.12 bits per heavy atom. The number of anilines is 1. The first kappa shape index (κ1) is 20.2. The van der Waals surface area contributed by atoms with Crippen molar-refractivity contribution < 1.29 is 14.3 Å². The van der Waals surface area contributed by atoms with E-state index in [1.165, 1.54) is 11.8 Å². The number of benzene rings is 1. The fraction of sp³-hybridized carbons (Fsp3) is 0.474. The zero-order valence-corrected chi connectivity index (χ0v) is 16.8. The van der Waals surface area contributed by atoms with Gasteiger partial charge in [-0.1, -0.05) is 18.6 Å². The summed E-state index contributed by atoms with van der Waals surface area (Å²) in [5, 5.41) is 5.52. The molecule has 1 aliphatic heterocycles. The Morgan fingerprint density at radius 1 is 1.42 bits per heavy atom. The number of alkyl carbamates (subject to hydrolysis) is 1. The standard InChI is InChI=1S/C19H27N3O3S/c1-6-11(2)16(20)12-7-8-15-13(9-12)21-17(23)14(10-26-15)22-18(24)25-19(3,4)5/h7-9,14H,6,10,20H2,1-5H3,(H,21,23)(H,22,24)/t14-/m0/s1. The van der Waals surface area contributed by atoms with Crippen molar-refractivity contribution in [1.82, 2.24) is 5.32 Å². The Labute approximate surface area is 158 Å². The number of fused-ring (bicyclic) bond motifs is 1. The number of carbonyl (C=O) groups is 2. The van der Waals surface area contributed by atoms with Gasteiger partial charge in [0.25, 0.3) is 0 Å². The van der Waals surface area contributed by atoms with Crippen LogP contribution in [-0.4, -0.2) is 29.4 Å². The molecule has 1 aromatic rings. The molecule has 0 unspecified atom stereocenters. The van der Waals surface area contributed by atoms with Crippen LogP contribution < -0.4 is 16.4 Å². The van der Waals surface area contributed by atoms with E-state index in [1.807, 2.05) is 25.1 Å². The number of nitrogens with two attached hydrogens (primary N) is 1. The first-order chi connectivity index (χ1) is 12.1. The normalized spacial score (nSPS) is 18.2. The third kappa shape index (κ3) is 5.17. The molecule has 0 saturated heterocycles. The van der Waals surface area contributed by atoms with Crippen LogP contribution in [0.5, 0.6) is 0 Å². The minimum atomic E-state index is -0.670. The zero-order valence-electron chi connectivity index (χ0n) is 15.9. The van der Waals surface area contributed by atoms with Gasteiger partial charge in [0.05, 0.1) is 5.69 Å². The molecule has 2 amide bonds. The number of amides is 2. The van der Waals surface area contributed by atoms with E-state index in [0.717, 1.165) is 28.1 Å². The highest BCUT2D eigenvalue weighted by Gasteiger charge is 2.28. The molecule has 1 aromatic carbocycles. The van der Waals surface area contributed by atoms with Gasteiger partial charge in [-0.2, -0.15) is 0 Å². The molecule has 0 fully saturated rings. The molecule has 0 aromatic heterocycles. The summed E-state index contributed by atoms with van der Waals surface area (Å²) in [5.74, 6) is 0.158. The number of thioether (sulfide) groups is 1. The SMILES string of the molecule is CCC(C)=C(N)c1ccc2c(c1)NC(=O)[C@@H](NC(=O)OC(C)(C)C)CS2. The lowest BCUT2D eigenvalue weighted by atomic mass is 10.1. The van der Waals surface area contributed by atoms with Gasteiger partial charge < -0.3 is 21.1 Å². The topological polar surface area (TPSA) is 93.5 Å². The third-order valence-electron chi connectivity index (χ3n) is 3.95. The quantitative estimate of drug-likeness (QED) is 0.746. The maximum absolute atomic E-state index is 12.5. The van der Waals surface area contributed by atoms with Gasteiger partial charge in [0.15, 0.2) is 0 Å². The number of nitrogens with one attached hydrogen (secondary N) is 2. The Kier molecular flexibility index (Phi) is 6.23. The van der Waals surface area contributed by atoms with E-state index in [2.05, 4.69) is 17.6 Å². The number of rotatable bonds is 3. The van der Waals surface area contributed by atoms with Crippen LogP contribution in [0.25, 0.3) is 5.70 Å². The van der Waals surface area contributed by atoms with Gasteiger partial charge in [0.2, 0.25) is 5.91 Å². The van der Waals surface area contributed by atoms with E-state index in [0.29, 0.717) is 11.4 Å². The van der Waals surface area contributed by atoms with Crippen molar-refractivity contribution in [3.63, 3.8) is 0 Å². The lowest BCUT2D eigenvalue weighted by Crippen LogP contribution is -2.46. The minimum Gasteiger partial charge on any atom is -0.444 e. The number of allylic oxidation sites excluding steroid dienone is 1. The summed E-state index contributed by atoms with van der Waals surface area (Å²) in [5.41, 5.74) is 8.99. The van der Waals surface area contributed by atoms with Crippen molar-refractivity contribution in [3.05, 3.63) is 29.3 Å². The smallest absolute Gasteiger partial charge is 0.408 e. The number of hydrogen-bond acceptors (Lipinski definition) is 5. The van der Waals surface area contributed by atoms with Crippen molar-refractivity contribution in [3.8, 4) is 0 Å². The largest absolute Gasteiger partial charge is 0.444 e. The summed E-state index contributed by atoms with van der Waals surface area (Å²) < 4.78 is 5.23. The number of ether oxygens (including phenoxy) is 1. The van der Waals surface area contributed by atoms with Gasteiger partial charge in [-0.05, 0) is 51.8 Å². The van der Waals surface area contributed by atoms with Crippen molar-refractivity contribution in [2.24, 2.45) is 5.73 Å². The molecule has 6 nitrogen and oxygen atoms in total. The lowest BCUT2D eigenvalue weighted by Gasteiger charge is -2.22. The van der Waals surface area contributed by atoms with Crippen LogP contribution in [0, 0.1) is 0 Å². The van der Waals surface area contributed by atoms with Crippen LogP contribution in [0.2, 0.25) is 0 Å².